The van der Waals surface area contributed by atoms with Crippen LogP contribution in [0.2, 0.25) is 0 Å². The molecule has 2 aliphatic rings. The van der Waals surface area contributed by atoms with E-state index in [0.717, 1.165) is 50.4 Å². The molecule has 2 atom stereocenters. The Morgan fingerprint density at radius 2 is 2.13 bits per heavy atom. The van der Waals surface area contributed by atoms with Gasteiger partial charge in [0.05, 0.1) is 11.8 Å². The van der Waals surface area contributed by atoms with Gasteiger partial charge < -0.3 is 9.64 Å². The van der Waals surface area contributed by atoms with Gasteiger partial charge in [0.15, 0.2) is 0 Å². The van der Waals surface area contributed by atoms with Crippen molar-refractivity contribution in [2.24, 2.45) is 0 Å². The number of carbonyl (C=O) groups is 1. The lowest BCUT2D eigenvalue weighted by Gasteiger charge is -2.30. The van der Waals surface area contributed by atoms with E-state index in [0.29, 0.717) is 18.4 Å². The molecule has 0 spiro atoms. The summed E-state index contributed by atoms with van der Waals surface area (Å²) in [6.07, 6.45) is 3.06. The maximum absolute atomic E-state index is 12.1. The molecule has 3 heterocycles. The molecule has 126 valence electrons. The summed E-state index contributed by atoms with van der Waals surface area (Å²) >= 11 is 0. The van der Waals surface area contributed by atoms with Gasteiger partial charge >= 0.3 is 0 Å². The van der Waals surface area contributed by atoms with Crippen molar-refractivity contribution in [1.82, 2.24) is 14.8 Å². The number of nitrogens with zero attached hydrogens (tertiary/aromatic N) is 3. The van der Waals surface area contributed by atoms with Crippen molar-refractivity contribution in [2.75, 3.05) is 33.8 Å². The van der Waals surface area contributed by atoms with Crippen LogP contribution < -0.4 is 0 Å². The van der Waals surface area contributed by atoms with Crippen molar-refractivity contribution >= 4 is 5.91 Å². The van der Waals surface area contributed by atoms with Gasteiger partial charge in [0.25, 0.3) is 0 Å². The lowest BCUT2D eigenvalue weighted by atomic mass is 9.88. The fourth-order valence-corrected chi connectivity index (χ4v) is 3.67. The Balaban J connectivity index is 1.77. The van der Waals surface area contributed by atoms with E-state index in [-0.39, 0.29) is 5.91 Å². The van der Waals surface area contributed by atoms with Gasteiger partial charge in [-0.1, -0.05) is 6.07 Å². The van der Waals surface area contributed by atoms with E-state index in [1.807, 2.05) is 18.9 Å². The van der Waals surface area contributed by atoms with E-state index in [4.69, 9.17) is 9.72 Å². The molecule has 1 aromatic rings. The number of aromatic nitrogens is 1. The zero-order valence-corrected chi connectivity index (χ0v) is 14.4. The van der Waals surface area contributed by atoms with E-state index < -0.39 is 0 Å². The molecule has 2 fully saturated rings. The topological polar surface area (TPSA) is 45.7 Å². The number of aryl methyl sites for hydroxylation is 1. The molecular weight excluding hydrogens is 290 g/mol. The summed E-state index contributed by atoms with van der Waals surface area (Å²) < 4.78 is 5.46. The molecule has 1 unspecified atom stereocenters. The van der Waals surface area contributed by atoms with Crippen molar-refractivity contribution < 1.29 is 9.53 Å². The van der Waals surface area contributed by atoms with E-state index >= 15 is 0 Å². The molecule has 5 heteroatoms. The standard InChI is InChI=1S/C18H27N3O2/c1-13-4-5-16(14-6-8-20(2)18(22)10-14)17(19-13)12-21-9-7-15(11-21)23-3/h4-5,14-15H,6-12H2,1-3H3/t14?,15-/m0/s1. The highest BCUT2D eigenvalue weighted by Gasteiger charge is 2.28. The summed E-state index contributed by atoms with van der Waals surface area (Å²) in [5, 5.41) is 0. The molecule has 2 saturated heterocycles. The number of methoxy groups -OCH3 is 1. The maximum Gasteiger partial charge on any atom is 0.222 e. The summed E-state index contributed by atoms with van der Waals surface area (Å²) in [4.78, 5) is 21.1. The number of likely N-dealkylation sites (tertiary alicyclic amines) is 2. The van der Waals surface area contributed by atoms with Crippen LogP contribution in [0.1, 0.15) is 42.1 Å². The van der Waals surface area contributed by atoms with Gasteiger partial charge in [-0.25, -0.2) is 0 Å². The quantitative estimate of drug-likeness (QED) is 0.851. The molecule has 1 aromatic heterocycles. The van der Waals surface area contributed by atoms with Crippen LogP contribution in [0.4, 0.5) is 0 Å². The number of ether oxygens (including phenoxy) is 1. The minimum absolute atomic E-state index is 0.244. The summed E-state index contributed by atoms with van der Waals surface area (Å²) in [7, 11) is 3.68. The first-order chi connectivity index (χ1) is 11.1. The molecule has 23 heavy (non-hydrogen) atoms. The predicted octanol–water partition coefficient (Wildman–Crippen LogP) is 1.95. The molecule has 0 radical (unpaired) electrons. The van der Waals surface area contributed by atoms with Crippen LogP contribution in [-0.4, -0.2) is 60.6 Å². The van der Waals surface area contributed by atoms with Gasteiger partial charge in [0.2, 0.25) is 5.91 Å². The van der Waals surface area contributed by atoms with E-state index in [9.17, 15) is 4.79 Å². The lowest BCUT2D eigenvalue weighted by Crippen LogP contribution is -2.35. The number of rotatable bonds is 4. The zero-order chi connectivity index (χ0) is 16.4. The van der Waals surface area contributed by atoms with Crippen molar-refractivity contribution in [3.63, 3.8) is 0 Å². The molecule has 0 saturated carbocycles. The van der Waals surface area contributed by atoms with Crippen LogP contribution in [0.5, 0.6) is 0 Å². The van der Waals surface area contributed by atoms with Crippen molar-refractivity contribution in [3.8, 4) is 0 Å². The third-order valence-electron chi connectivity index (χ3n) is 5.18. The Morgan fingerprint density at radius 3 is 2.83 bits per heavy atom. The fraction of sp³-hybridized carbons (Fsp3) is 0.667. The predicted molar refractivity (Wildman–Crippen MR) is 89.3 cm³/mol. The highest BCUT2D eigenvalue weighted by Crippen LogP contribution is 2.31. The Hall–Kier alpha value is -1.46. The Morgan fingerprint density at radius 1 is 1.30 bits per heavy atom. The minimum Gasteiger partial charge on any atom is -0.380 e. The highest BCUT2D eigenvalue weighted by molar-refractivity contribution is 5.77. The summed E-state index contributed by atoms with van der Waals surface area (Å²) in [6, 6.07) is 4.26. The molecule has 1 amide bonds. The second-order valence-corrected chi connectivity index (χ2v) is 6.88. The maximum atomic E-state index is 12.1. The molecule has 0 aromatic carbocycles. The van der Waals surface area contributed by atoms with E-state index in [1.165, 1.54) is 5.56 Å². The van der Waals surface area contributed by atoms with Crippen LogP contribution in [0.25, 0.3) is 0 Å². The van der Waals surface area contributed by atoms with Crippen molar-refractivity contribution in [3.05, 3.63) is 29.1 Å². The van der Waals surface area contributed by atoms with Gasteiger partial charge in [0.1, 0.15) is 0 Å². The summed E-state index contributed by atoms with van der Waals surface area (Å²) in [6.45, 7) is 5.76. The van der Waals surface area contributed by atoms with Crippen LogP contribution in [0.15, 0.2) is 12.1 Å². The number of carbonyl (C=O) groups excluding carboxylic acids is 1. The second-order valence-electron chi connectivity index (χ2n) is 6.88. The lowest BCUT2D eigenvalue weighted by molar-refractivity contribution is -0.132. The molecule has 2 aliphatic heterocycles. The van der Waals surface area contributed by atoms with Gasteiger partial charge in [-0.3, -0.25) is 14.7 Å². The Kier molecular flexibility index (Phi) is 4.97. The Labute approximate surface area is 138 Å². The van der Waals surface area contributed by atoms with Crippen LogP contribution in [-0.2, 0) is 16.1 Å². The number of piperidine rings is 1. The van der Waals surface area contributed by atoms with Gasteiger partial charge in [0, 0.05) is 52.5 Å². The number of amides is 1. The number of hydrogen-bond donors (Lipinski definition) is 0. The van der Waals surface area contributed by atoms with Crippen LogP contribution >= 0.6 is 0 Å². The van der Waals surface area contributed by atoms with E-state index in [1.54, 1.807) is 7.11 Å². The average Bonchev–Trinajstić information content (AvgIpc) is 2.98. The molecule has 3 rings (SSSR count). The van der Waals surface area contributed by atoms with Gasteiger partial charge in [-0.15, -0.1) is 0 Å². The highest BCUT2D eigenvalue weighted by atomic mass is 16.5. The largest absolute Gasteiger partial charge is 0.380 e. The molecule has 0 N–H and O–H groups in total. The van der Waals surface area contributed by atoms with Gasteiger partial charge in [-0.05, 0) is 37.3 Å². The summed E-state index contributed by atoms with van der Waals surface area (Å²) in [5.41, 5.74) is 3.45. The third kappa shape index (κ3) is 3.72. The monoisotopic (exact) mass is 317 g/mol. The first-order valence-electron chi connectivity index (χ1n) is 8.52. The third-order valence-corrected chi connectivity index (χ3v) is 5.18. The number of pyridine rings is 1. The van der Waals surface area contributed by atoms with Crippen molar-refractivity contribution in [1.29, 1.82) is 0 Å². The fourth-order valence-electron chi connectivity index (χ4n) is 3.67. The smallest absolute Gasteiger partial charge is 0.222 e. The average molecular weight is 317 g/mol. The first kappa shape index (κ1) is 16.4. The summed E-state index contributed by atoms with van der Waals surface area (Å²) in [5.74, 6) is 0.552. The first-order valence-corrected chi connectivity index (χ1v) is 8.52. The molecule has 5 nitrogen and oxygen atoms in total. The number of hydrogen-bond acceptors (Lipinski definition) is 4. The SMILES string of the molecule is CO[C@H]1CCN(Cc2nc(C)ccc2C2CCN(C)C(=O)C2)C1. The minimum atomic E-state index is 0.244. The molecule has 0 bridgehead atoms. The van der Waals surface area contributed by atoms with E-state index in [2.05, 4.69) is 17.0 Å². The van der Waals surface area contributed by atoms with Crippen LogP contribution in [0.3, 0.4) is 0 Å². The second kappa shape index (κ2) is 6.97. The molecular formula is C18H27N3O2. The van der Waals surface area contributed by atoms with Crippen LogP contribution in [0, 0.1) is 6.92 Å². The zero-order valence-electron chi connectivity index (χ0n) is 14.4. The van der Waals surface area contributed by atoms with Gasteiger partial charge in [-0.2, -0.15) is 0 Å². The normalized spacial score (nSPS) is 26.0. The van der Waals surface area contributed by atoms with Crippen molar-refractivity contribution in [2.45, 2.75) is 44.8 Å². The Bertz CT molecular complexity index is 575. The molecule has 0 aliphatic carbocycles.